The summed E-state index contributed by atoms with van der Waals surface area (Å²) in [4.78, 5) is 4.28. The average Bonchev–Trinajstić information content (AvgIpc) is 3.47. The molecule has 5 rings (SSSR count). The lowest BCUT2D eigenvalue weighted by atomic mass is 9.97. The lowest BCUT2D eigenvalue weighted by Crippen LogP contribution is -2.42. The van der Waals surface area contributed by atoms with Crippen molar-refractivity contribution in [2.24, 2.45) is 15.2 Å². The molecule has 2 aliphatic heterocycles. The Labute approximate surface area is 174 Å². The van der Waals surface area contributed by atoms with E-state index in [1.165, 1.54) is 10.8 Å². The highest BCUT2D eigenvalue weighted by molar-refractivity contribution is 6.10. The molecule has 0 radical (unpaired) electrons. The zero-order valence-electron chi connectivity index (χ0n) is 16.5. The maximum Gasteiger partial charge on any atom is 0.212 e. The first-order valence-corrected chi connectivity index (χ1v) is 10.2. The van der Waals surface area contributed by atoms with Gasteiger partial charge in [-0.1, -0.05) is 36.4 Å². The van der Waals surface area contributed by atoms with Crippen LogP contribution in [-0.4, -0.2) is 50.9 Å². The number of benzene rings is 3. The minimum atomic E-state index is 0.0258. The molecule has 3 aromatic carbocycles. The van der Waals surface area contributed by atoms with Gasteiger partial charge in [-0.05, 0) is 33.7 Å². The van der Waals surface area contributed by atoms with Gasteiger partial charge in [0.15, 0.2) is 0 Å². The zero-order chi connectivity index (χ0) is 20.2. The van der Waals surface area contributed by atoms with E-state index in [9.17, 15) is 0 Å². The number of hydrazone groups is 2. The number of hydrogen-bond donors (Lipinski definition) is 5. The van der Waals surface area contributed by atoms with Gasteiger partial charge in [-0.3, -0.25) is 16.1 Å². The lowest BCUT2D eigenvalue weighted by molar-refractivity contribution is 0.461. The van der Waals surface area contributed by atoms with Crippen LogP contribution in [0.5, 0.6) is 0 Å². The molecular weight excluding hydrogens is 376 g/mol. The van der Waals surface area contributed by atoms with Crippen molar-refractivity contribution in [3.05, 3.63) is 59.7 Å². The Bertz CT molecular complexity index is 1140. The van der Waals surface area contributed by atoms with Gasteiger partial charge in [-0.2, -0.15) is 10.2 Å². The Hall–Kier alpha value is -3.49. The minimum absolute atomic E-state index is 0.0258. The number of fused-ring (bicyclic) bond motifs is 2. The second kappa shape index (κ2) is 8.48. The summed E-state index contributed by atoms with van der Waals surface area (Å²) in [6.07, 6.45) is 3.74. The van der Waals surface area contributed by atoms with Gasteiger partial charge in [0.25, 0.3) is 0 Å². The molecule has 0 spiro atoms. The highest BCUT2D eigenvalue weighted by Crippen LogP contribution is 2.26. The summed E-state index contributed by atoms with van der Waals surface area (Å²) in [6, 6.07) is 16.9. The normalized spacial score (nSPS) is 17.3. The molecule has 0 amide bonds. The molecule has 0 saturated carbocycles. The minimum Gasteiger partial charge on any atom is -0.353 e. The molecule has 8 nitrogen and oxygen atoms in total. The fraction of sp³-hybridized carbons (Fsp3) is 0.227. The third-order valence-electron chi connectivity index (χ3n) is 5.22. The molecule has 2 heterocycles. The fourth-order valence-corrected chi connectivity index (χ4v) is 3.74. The van der Waals surface area contributed by atoms with Crippen LogP contribution in [0.15, 0.2) is 63.7 Å². The first kappa shape index (κ1) is 18.5. The van der Waals surface area contributed by atoms with Crippen LogP contribution in [0, 0.1) is 0 Å². The Morgan fingerprint density at radius 1 is 0.867 bits per heavy atom. The van der Waals surface area contributed by atoms with Crippen molar-refractivity contribution >= 4 is 39.9 Å². The summed E-state index contributed by atoms with van der Waals surface area (Å²) in [5.74, 6) is 0.720. The third kappa shape index (κ3) is 3.96. The van der Waals surface area contributed by atoms with Crippen LogP contribution in [0.4, 0.5) is 0 Å². The monoisotopic (exact) mass is 400 g/mol. The molecule has 0 atom stereocenters. The molecule has 0 aromatic heterocycles. The number of aliphatic imine (C=N–C) groups is 1. The van der Waals surface area contributed by atoms with Crippen LogP contribution in [0.1, 0.15) is 11.1 Å². The zero-order valence-corrected chi connectivity index (χ0v) is 16.5. The van der Waals surface area contributed by atoms with Gasteiger partial charge in [-0.25, -0.2) is 10.4 Å². The first-order chi connectivity index (χ1) is 14.9. The number of hydrogen-bond acceptors (Lipinski definition) is 8. The predicted molar refractivity (Wildman–Crippen MR) is 123 cm³/mol. The standard InChI is InChI=1S/C22H24N8/c1-3-15-11-20-16(4-2-6-18(20)14-28-30-22-25-9-10-26-22)12-19(15)17(5-1)13-27-29-21-23-7-8-24-21/h1-6,11-14,21,23-24,29H,7-10H2,(H2,25,26,30)/b27-13+,28-14+. The quantitative estimate of drug-likeness (QED) is 0.253. The maximum atomic E-state index is 4.40. The van der Waals surface area contributed by atoms with Gasteiger partial charge in [-0.15, -0.1) is 0 Å². The summed E-state index contributed by atoms with van der Waals surface area (Å²) < 4.78 is 0. The van der Waals surface area contributed by atoms with E-state index in [-0.39, 0.29) is 6.29 Å². The van der Waals surface area contributed by atoms with Crippen LogP contribution in [-0.2, 0) is 0 Å². The van der Waals surface area contributed by atoms with E-state index >= 15 is 0 Å². The van der Waals surface area contributed by atoms with Crippen molar-refractivity contribution < 1.29 is 0 Å². The third-order valence-corrected chi connectivity index (χ3v) is 5.22. The summed E-state index contributed by atoms with van der Waals surface area (Å²) >= 11 is 0. The lowest BCUT2D eigenvalue weighted by Gasteiger charge is -2.10. The SMILES string of the molecule is C(=N\NC1=NCCN1)/c1cccc2cc3c(/C=N/NC4NCCN4)cccc3cc12. The average molecular weight is 400 g/mol. The predicted octanol–water partition coefficient (Wildman–Crippen LogP) is 1.28. The Kier molecular flexibility index (Phi) is 5.24. The van der Waals surface area contributed by atoms with Crippen LogP contribution in [0.25, 0.3) is 21.5 Å². The molecule has 0 unspecified atom stereocenters. The topological polar surface area (TPSA) is 97.2 Å². The van der Waals surface area contributed by atoms with Crippen LogP contribution in [0.2, 0.25) is 0 Å². The van der Waals surface area contributed by atoms with E-state index in [4.69, 9.17) is 0 Å². The number of guanidine groups is 1. The highest BCUT2D eigenvalue weighted by Gasteiger charge is 2.10. The van der Waals surface area contributed by atoms with Crippen LogP contribution < -0.4 is 26.8 Å². The maximum absolute atomic E-state index is 4.40. The molecule has 3 aromatic rings. The first-order valence-electron chi connectivity index (χ1n) is 10.2. The molecule has 30 heavy (non-hydrogen) atoms. The molecule has 0 aliphatic carbocycles. The van der Waals surface area contributed by atoms with Crippen molar-refractivity contribution in [2.45, 2.75) is 6.29 Å². The molecular formula is C22H24N8. The second-order valence-electron chi connectivity index (χ2n) is 7.24. The van der Waals surface area contributed by atoms with E-state index in [0.29, 0.717) is 0 Å². The summed E-state index contributed by atoms with van der Waals surface area (Å²) in [7, 11) is 0. The Morgan fingerprint density at radius 3 is 2.17 bits per heavy atom. The van der Waals surface area contributed by atoms with Gasteiger partial charge in [0.05, 0.1) is 19.0 Å². The van der Waals surface area contributed by atoms with Crippen LogP contribution >= 0.6 is 0 Å². The largest absolute Gasteiger partial charge is 0.353 e. The van der Waals surface area contributed by atoms with E-state index < -0.39 is 0 Å². The summed E-state index contributed by atoms with van der Waals surface area (Å²) in [5, 5.41) is 23.1. The molecule has 152 valence electrons. The second-order valence-corrected chi connectivity index (χ2v) is 7.24. The molecule has 8 heteroatoms. The van der Waals surface area contributed by atoms with E-state index in [1.54, 1.807) is 0 Å². The van der Waals surface area contributed by atoms with Gasteiger partial charge < -0.3 is 5.32 Å². The van der Waals surface area contributed by atoms with Crippen molar-refractivity contribution in [3.8, 4) is 0 Å². The van der Waals surface area contributed by atoms with Gasteiger partial charge in [0.2, 0.25) is 5.96 Å². The van der Waals surface area contributed by atoms with Crippen LogP contribution in [0.3, 0.4) is 0 Å². The van der Waals surface area contributed by atoms with E-state index in [1.807, 2.05) is 12.4 Å². The number of nitrogens with one attached hydrogen (secondary N) is 5. The van der Waals surface area contributed by atoms with Gasteiger partial charge in [0.1, 0.15) is 6.29 Å². The molecule has 2 aliphatic rings. The van der Waals surface area contributed by atoms with Crippen molar-refractivity contribution in [3.63, 3.8) is 0 Å². The number of rotatable bonds is 5. The van der Waals surface area contributed by atoms with Crippen molar-refractivity contribution in [1.29, 1.82) is 0 Å². The molecule has 1 fully saturated rings. The van der Waals surface area contributed by atoms with Crippen molar-refractivity contribution in [2.75, 3.05) is 26.2 Å². The van der Waals surface area contributed by atoms with Crippen molar-refractivity contribution in [1.82, 2.24) is 26.8 Å². The Morgan fingerprint density at radius 2 is 1.53 bits per heavy atom. The Balaban J connectivity index is 1.44. The molecule has 0 bridgehead atoms. The summed E-state index contributed by atoms with van der Waals surface area (Å²) in [5.41, 5.74) is 8.19. The molecule has 5 N–H and O–H groups in total. The van der Waals surface area contributed by atoms with Gasteiger partial charge in [0, 0.05) is 30.8 Å². The highest BCUT2D eigenvalue weighted by atomic mass is 15.5. The van der Waals surface area contributed by atoms with E-state index in [2.05, 4.69) is 90.5 Å². The number of nitrogens with zero attached hydrogens (tertiary/aromatic N) is 3. The smallest absolute Gasteiger partial charge is 0.212 e. The summed E-state index contributed by atoms with van der Waals surface area (Å²) in [6.45, 7) is 3.53. The van der Waals surface area contributed by atoms with Gasteiger partial charge >= 0.3 is 0 Å². The van der Waals surface area contributed by atoms with E-state index in [0.717, 1.165) is 54.0 Å². The molecule has 1 saturated heterocycles. The fourth-order valence-electron chi connectivity index (χ4n) is 3.74.